The molecule has 0 radical (unpaired) electrons. The predicted octanol–water partition coefficient (Wildman–Crippen LogP) is 3.08. The van der Waals surface area contributed by atoms with Gasteiger partial charge in [-0.2, -0.15) is 0 Å². The van der Waals surface area contributed by atoms with Crippen LogP contribution in [0.5, 0.6) is 0 Å². The molecule has 3 nitrogen and oxygen atoms in total. The van der Waals surface area contributed by atoms with Crippen LogP contribution in [0.2, 0.25) is 5.02 Å². The first-order chi connectivity index (χ1) is 7.58. The summed E-state index contributed by atoms with van der Waals surface area (Å²) in [5, 5.41) is 10.5. The van der Waals surface area contributed by atoms with Gasteiger partial charge in [-0.25, -0.2) is 0 Å². The molecule has 0 spiro atoms. The van der Waals surface area contributed by atoms with Crippen molar-refractivity contribution in [1.82, 2.24) is 4.98 Å². The van der Waals surface area contributed by atoms with Crippen molar-refractivity contribution in [2.45, 2.75) is 13.3 Å². The minimum absolute atomic E-state index is 0.372. The molecular formula is C12H12ClNO2. The highest BCUT2D eigenvalue weighted by molar-refractivity contribution is 6.35. The van der Waals surface area contributed by atoms with E-state index in [9.17, 15) is 4.79 Å². The van der Waals surface area contributed by atoms with Gasteiger partial charge in [-0.1, -0.05) is 30.7 Å². The summed E-state index contributed by atoms with van der Waals surface area (Å²) in [5.74, 6) is -1.15. The van der Waals surface area contributed by atoms with Crippen LogP contribution in [0.25, 0.3) is 10.9 Å². The fourth-order valence-corrected chi connectivity index (χ4v) is 1.93. The van der Waals surface area contributed by atoms with Crippen molar-refractivity contribution in [3.05, 3.63) is 35.0 Å². The van der Waals surface area contributed by atoms with Crippen molar-refractivity contribution in [2.75, 3.05) is 0 Å². The molecule has 0 fully saturated rings. The molecule has 0 bridgehead atoms. The smallest absolute Gasteiger partial charge is 0.306 e. The Balaban J connectivity index is 2.29. The Labute approximate surface area is 98.0 Å². The van der Waals surface area contributed by atoms with Crippen molar-refractivity contribution >= 4 is 28.5 Å². The second-order valence-electron chi connectivity index (χ2n) is 3.96. The number of fused-ring (bicyclic) bond motifs is 1. The van der Waals surface area contributed by atoms with Crippen LogP contribution in [-0.4, -0.2) is 16.1 Å². The van der Waals surface area contributed by atoms with Gasteiger partial charge < -0.3 is 10.1 Å². The molecule has 2 aromatic rings. The van der Waals surface area contributed by atoms with Gasteiger partial charge in [0.2, 0.25) is 0 Å². The van der Waals surface area contributed by atoms with E-state index in [0.717, 1.165) is 16.5 Å². The molecule has 2 rings (SSSR count). The standard InChI is InChI=1S/C12H12ClNO2/c1-7(12(15)16)4-8-2-3-9-10(13)6-14-11(9)5-8/h2-3,5-7,14H,4H2,1H3,(H,15,16). The van der Waals surface area contributed by atoms with Gasteiger partial charge in [-0.05, 0) is 18.1 Å². The van der Waals surface area contributed by atoms with Crippen LogP contribution in [0, 0.1) is 5.92 Å². The summed E-state index contributed by atoms with van der Waals surface area (Å²) in [6, 6.07) is 5.78. The molecule has 16 heavy (non-hydrogen) atoms. The van der Waals surface area contributed by atoms with Gasteiger partial charge in [-0.3, -0.25) is 4.79 Å². The maximum absolute atomic E-state index is 10.7. The number of halogens is 1. The molecule has 0 aliphatic carbocycles. The third kappa shape index (κ3) is 2.04. The van der Waals surface area contributed by atoms with E-state index in [1.165, 1.54) is 0 Å². The maximum atomic E-state index is 10.7. The number of rotatable bonds is 3. The third-order valence-corrected chi connectivity index (χ3v) is 2.97. The zero-order valence-corrected chi connectivity index (χ0v) is 9.58. The average molecular weight is 238 g/mol. The van der Waals surface area contributed by atoms with Gasteiger partial charge in [0.25, 0.3) is 0 Å². The Bertz CT molecular complexity index is 533. The molecule has 1 heterocycles. The molecule has 0 amide bonds. The predicted molar refractivity (Wildman–Crippen MR) is 63.8 cm³/mol. The normalized spacial score (nSPS) is 12.9. The number of benzene rings is 1. The number of H-pyrrole nitrogens is 1. The maximum Gasteiger partial charge on any atom is 0.306 e. The van der Waals surface area contributed by atoms with Crippen LogP contribution in [0.3, 0.4) is 0 Å². The highest BCUT2D eigenvalue weighted by Gasteiger charge is 2.12. The summed E-state index contributed by atoms with van der Waals surface area (Å²) in [4.78, 5) is 13.8. The molecule has 4 heteroatoms. The molecule has 0 aliphatic rings. The van der Waals surface area contributed by atoms with Gasteiger partial charge in [0.1, 0.15) is 0 Å². The fraction of sp³-hybridized carbons (Fsp3) is 0.250. The molecule has 0 saturated carbocycles. The lowest BCUT2D eigenvalue weighted by molar-refractivity contribution is -0.141. The summed E-state index contributed by atoms with van der Waals surface area (Å²) < 4.78 is 0. The Morgan fingerprint density at radius 3 is 3.00 bits per heavy atom. The summed E-state index contributed by atoms with van der Waals surface area (Å²) in [5.41, 5.74) is 1.95. The number of carboxylic acid groups (broad SMARTS) is 1. The average Bonchev–Trinajstić information content (AvgIpc) is 2.60. The summed E-state index contributed by atoms with van der Waals surface area (Å²) in [6.45, 7) is 1.70. The largest absolute Gasteiger partial charge is 0.481 e. The Kier molecular flexibility index (Phi) is 2.88. The number of hydrogen-bond donors (Lipinski definition) is 2. The highest BCUT2D eigenvalue weighted by atomic mass is 35.5. The van der Waals surface area contributed by atoms with Crippen LogP contribution in [0.4, 0.5) is 0 Å². The quantitative estimate of drug-likeness (QED) is 0.862. The van der Waals surface area contributed by atoms with Crippen molar-refractivity contribution in [3.63, 3.8) is 0 Å². The van der Waals surface area contributed by atoms with Crippen LogP contribution >= 0.6 is 11.6 Å². The minimum Gasteiger partial charge on any atom is -0.481 e. The Morgan fingerprint density at radius 1 is 1.56 bits per heavy atom. The number of carbonyl (C=O) groups is 1. The highest BCUT2D eigenvalue weighted by Crippen LogP contribution is 2.24. The topological polar surface area (TPSA) is 53.1 Å². The zero-order valence-electron chi connectivity index (χ0n) is 8.83. The third-order valence-electron chi connectivity index (χ3n) is 2.66. The number of nitrogens with one attached hydrogen (secondary N) is 1. The fourth-order valence-electron chi connectivity index (χ4n) is 1.71. The van der Waals surface area contributed by atoms with Crippen LogP contribution in [0.1, 0.15) is 12.5 Å². The summed E-state index contributed by atoms with van der Waals surface area (Å²) in [7, 11) is 0. The van der Waals surface area contributed by atoms with Gasteiger partial charge in [0.15, 0.2) is 0 Å². The number of aliphatic carboxylic acids is 1. The number of carboxylic acids is 1. The van der Waals surface area contributed by atoms with Crippen LogP contribution in [0.15, 0.2) is 24.4 Å². The van der Waals surface area contributed by atoms with E-state index in [1.54, 1.807) is 13.1 Å². The first-order valence-electron chi connectivity index (χ1n) is 5.06. The van der Waals surface area contributed by atoms with E-state index in [1.807, 2.05) is 18.2 Å². The Hall–Kier alpha value is -1.48. The van der Waals surface area contributed by atoms with Gasteiger partial charge >= 0.3 is 5.97 Å². The SMILES string of the molecule is CC(Cc1ccc2c(Cl)c[nH]c2c1)C(=O)O. The molecular weight excluding hydrogens is 226 g/mol. The molecule has 2 N–H and O–H groups in total. The monoisotopic (exact) mass is 237 g/mol. The lowest BCUT2D eigenvalue weighted by Crippen LogP contribution is -2.12. The summed E-state index contributed by atoms with van der Waals surface area (Å²) in [6.07, 6.45) is 2.26. The molecule has 1 aromatic carbocycles. The molecule has 0 saturated heterocycles. The lowest BCUT2D eigenvalue weighted by atomic mass is 10.0. The van der Waals surface area contributed by atoms with E-state index >= 15 is 0 Å². The lowest BCUT2D eigenvalue weighted by Gasteiger charge is -2.06. The van der Waals surface area contributed by atoms with E-state index < -0.39 is 5.97 Å². The van der Waals surface area contributed by atoms with Crippen LogP contribution < -0.4 is 0 Å². The zero-order chi connectivity index (χ0) is 11.7. The number of aromatic nitrogens is 1. The Morgan fingerprint density at radius 2 is 2.31 bits per heavy atom. The number of aromatic amines is 1. The molecule has 1 unspecified atom stereocenters. The van der Waals surface area contributed by atoms with E-state index in [0.29, 0.717) is 11.4 Å². The second-order valence-corrected chi connectivity index (χ2v) is 4.37. The summed E-state index contributed by atoms with van der Waals surface area (Å²) >= 11 is 5.96. The second kappa shape index (κ2) is 4.18. The van der Waals surface area contributed by atoms with Crippen molar-refractivity contribution in [2.24, 2.45) is 5.92 Å². The van der Waals surface area contributed by atoms with Gasteiger partial charge in [0.05, 0.1) is 10.9 Å². The molecule has 84 valence electrons. The minimum atomic E-state index is -0.774. The van der Waals surface area contributed by atoms with E-state index in [-0.39, 0.29) is 5.92 Å². The molecule has 1 aromatic heterocycles. The first-order valence-corrected chi connectivity index (χ1v) is 5.44. The van der Waals surface area contributed by atoms with Crippen molar-refractivity contribution in [3.8, 4) is 0 Å². The molecule has 1 atom stereocenters. The van der Waals surface area contributed by atoms with E-state index in [2.05, 4.69) is 4.98 Å². The first kappa shape index (κ1) is 11.0. The number of hydrogen-bond acceptors (Lipinski definition) is 1. The van der Waals surface area contributed by atoms with Crippen LogP contribution in [-0.2, 0) is 11.2 Å². The van der Waals surface area contributed by atoms with Crippen molar-refractivity contribution < 1.29 is 9.90 Å². The van der Waals surface area contributed by atoms with Gasteiger partial charge in [0, 0.05) is 17.1 Å². The van der Waals surface area contributed by atoms with E-state index in [4.69, 9.17) is 16.7 Å². The van der Waals surface area contributed by atoms with Crippen molar-refractivity contribution in [1.29, 1.82) is 0 Å². The van der Waals surface area contributed by atoms with Gasteiger partial charge in [-0.15, -0.1) is 0 Å². The molecule has 0 aliphatic heterocycles.